The fourth-order valence-electron chi connectivity index (χ4n) is 4.49. The van der Waals surface area contributed by atoms with Gasteiger partial charge in [-0.2, -0.15) is 5.10 Å². The summed E-state index contributed by atoms with van der Waals surface area (Å²) < 4.78 is 1.79. The molecule has 5 rings (SSSR count). The SMILES string of the molecule is NC(=CC=NC[C@@H]1CCCN1C(=O)c1c(-c2ccccc2)nn2ccccc12)c1ccccc1. The monoisotopic (exact) mass is 449 g/mol. The van der Waals surface area contributed by atoms with Gasteiger partial charge < -0.3 is 10.6 Å². The molecular formula is C28H27N5O. The first kappa shape index (κ1) is 21.6. The first-order chi connectivity index (χ1) is 16.7. The van der Waals surface area contributed by atoms with E-state index >= 15 is 0 Å². The average molecular weight is 450 g/mol. The van der Waals surface area contributed by atoms with Gasteiger partial charge in [0.2, 0.25) is 0 Å². The minimum absolute atomic E-state index is 0.0112. The maximum atomic E-state index is 13.8. The summed E-state index contributed by atoms with van der Waals surface area (Å²) in [4.78, 5) is 20.4. The van der Waals surface area contributed by atoms with Crippen molar-refractivity contribution in [2.45, 2.75) is 18.9 Å². The van der Waals surface area contributed by atoms with Gasteiger partial charge >= 0.3 is 0 Å². The van der Waals surface area contributed by atoms with Crippen molar-refractivity contribution in [1.82, 2.24) is 14.5 Å². The Morgan fingerprint density at radius 3 is 2.56 bits per heavy atom. The van der Waals surface area contributed by atoms with Crippen molar-refractivity contribution in [2.75, 3.05) is 13.1 Å². The van der Waals surface area contributed by atoms with E-state index in [0.717, 1.165) is 36.0 Å². The smallest absolute Gasteiger partial charge is 0.258 e. The molecule has 0 saturated carbocycles. The molecule has 2 aromatic heterocycles. The number of nitrogens with zero attached hydrogens (tertiary/aromatic N) is 4. The van der Waals surface area contributed by atoms with Gasteiger partial charge in [-0.1, -0.05) is 66.7 Å². The minimum atomic E-state index is 0.0112. The van der Waals surface area contributed by atoms with Crippen LogP contribution in [0.25, 0.3) is 22.5 Å². The first-order valence-corrected chi connectivity index (χ1v) is 11.6. The molecule has 34 heavy (non-hydrogen) atoms. The number of benzene rings is 2. The third-order valence-electron chi connectivity index (χ3n) is 6.22. The van der Waals surface area contributed by atoms with E-state index in [2.05, 4.69) is 4.99 Å². The van der Waals surface area contributed by atoms with Gasteiger partial charge in [-0.3, -0.25) is 9.79 Å². The fraction of sp³-hybridized carbons (Fsp3) is 0.179. The standard InChI is InChI=1S/C28H27N5O/c29-24(21-10-3-1-4-11-21)16-17-30-20-23-14-9-18-32(23)28(34)26-25-15-7-8-19-33(25)31-27(26)22-12-5-2-6-13-22/h1-8,10-13,15-17,19,23H,9,14,18,20,29H2/t23-/m0/s1. The predicted molar refractivity (Wildman–Crippen MR) is 137 cm³/mol. The summed E-state index contributed by atoms with van der Waals surface area (Å²) in [6.45, 7) is 1.27. The number of fused-ring (bicyclic) bond motifs is 1. The third-order valence-corrected chi connectivity index (χ3v) is 6.22. The molecule has 2 aromatic carbocycles. The zero-order valence-corrected chi connectivity index (χ0v) is 18.9. The number of hydrogen-bond acceptors (Lipinski definition) is 4. The number of allylic oxidation sites excluding steroid dienone is 1. The third kappa shape index (κ3) is 4.35. The number of pyridine rings is 1. The first-order valence-electron chi connectivity index (χ1n) is 11.6. The van der Waals surface area contributed by atoms with Gasteiger partial charge in [-0.25, -0.2) is 4.52 Å². The van der Waals surface area contributed by atoms with Crippen LogP contribution in [0.3, 0.4) is 0 Å². The number of aliphatic imine (C=N–C) groups is 1. The lowest BCUT2D eigenvalue weighted by Crippen LogP contribution is -2.37. The van der Waals surface area contributed by atoms with E-state index in [1.165, 1.54) is 0 Å². The molecule has 0 aliphatic carbocycles. The van der Waals surface area contributed by atoms with Crippen molar-refractivity contribution in [3.8, 4) is 11.3 Å². The number of amides is 1. The normalized spacial score (nSPS) is 16.5. The second-order valence-corrected chi connectivity index (χ2v) is 8.42. The van der Waals surface area contributed by atoms with E-state index in [-0.39, 0.29) is 11.9 Å². The summed E-state index contributed by atoms with van der Waals surface area (Å²) in [6, 6.07) is 25.6. The maximum absolute atomic E-state index is 13.8. The Hall–Kier alpha value is -4.19. The van der Waals surface area contributed by atoms with Crippen molar-refractivity contribution >= 4 is 23.3 Å². The summed E-state index contributed by atoms with van der Waals surface area (Å²) in [5, 5.41) is 4.74. The van der Waals surface area contributed by atoms with Crippen molar-refractivity contribution in [1.29, 1.82) is 0 Å². The molecule has 3 heterocycles. The number of nitrogens with two attached hydrogens (primary N) is 1. The Balaban J connectivity index is 1.38. The van der Waals surface area contributed by atoms with Gasteiger partial charge in [0, 0.05) is 30.2 Å². The number of rotatable bonds is 6. The predicted octanol–water partition coefficient (Wildman–Crippen LogP) is 4.68. The number of hydrogen-bond donors (Lipinski definition) is 1. The van der Waals surface area contributed by atoms with Crippen LogP contribution in [0.5, 0.6) is 0 Å². The molecule has 4 aromatic rings. The highest BCUT2D eigenvalue weighted by Crippen LogP contribution is 2.30. The number of carbonyl (C=O) groups excluding carboxylic acids is 1. The van der Waals surface area contributed by atoms with Crippen LogP contribution in [0.15, 0.2) is 96.1 Å². The molecule has 1 fully saturated rings. The lowest BCUT2D eigenvalue weighted by Gasteiger charge is -2.23. The van der Waals surface area contributed by atoms with Crippen molar-refractivity contribution in [3.63, 3.8) is 0 Å². The molecular weight excluding hydrogens is 422 g/mol. The zero-order valence-electron chi connectivity index (χ0n) is 18.9. The maximum Gasteiger partial charge on any atom is 0.258 e. The highest BCUT2D eigenvalue weighted by Gasteiger charge is 2.32. The lowest BCUT2D eigenvalue weighted by molar-refractivity contribution is 0.0744. The second-order valence-electron chi connectivity index (χ2n) is 8.42. The quantitative estimate of drug-likeness (QED) is 0.435. The molecule has 1 amide bonds. The van der Waals surface area contributed by atoms with Crippen LogP contribution < -0.4 is 5.73 Å². The van der Waals surface area contributed by atoms with E-state index in [1.54, 1.807) is 10.7 Å². The van der Waals surface area contributed by atoms with Crippen LogP contribution in [0.4, 0.5) is 0 Å². The van der Waals surface area contributed by atoms with Crippen molar-refractivity contribution < 1.29 is 4.79 Å². The summed E-state index contributed by atoms with van der Waals surface area (Å²) in [6.07, 6.45) is 7.34. The topological polar surface area (TPSA) is 76.0 Å². The van der Waals surface area contributed by atoms with E-state index in [1.807, 2.05) is 96.0 Å². The van der Waals surface area contributed by atoms with Gasteiger partial charge in [-0.15, -0.1) is 0 Å². The molecule has 0 unspecified atom stereocenters. The van der Waals surface area contributed by atoms with Crippen molar-refractivity contribution in [3.05, 3.63) is 102 Å². The minimum Gasteiger partial charge on any atom is -0.398 e. The van der Waals surface area contributed by atoms with Gasteiger partial charge in [0.25, 0.3) is 5.91 Å². The fourth-order valence-corrected chi connectivity index (χ4v) is 4.49. The van der Waals surface area contributed by atoms with Gasteiger partial charge in [0.05, 0.1) is 23.7 Å². The number of carbonyl (C=O) groups is 1. The van der Waals surface area contributed by atoms with Crippen LogP contribution in [-0.2, 0) is 0 Å². The molecule has 0 radical (unpaired) electrons. The Bertz CT molecular complexity index is 1340. The number of aromatic nitrogens is 2. The van der Waals surface area contributed by atoms with Gasteiger partial charge in [0.15, 0.2) is 0 Å². The molecule has 0 bridgehead atoms. The molecule has 170 valence electrons. The van der Waals surface area contributed by atoms with E-state index in [9.17, 15) is 4.79 Å². The molecule has 1 atom stereocenters. The van der Waals surface area contributed by atoms with Crippen LogP contribution in [-0.4, -0.2) is 45.8 Å². The largest absolute Gasteiger partial charge is 0.398 e. The summed E-state index contributed by atoms with van der Waals surface area (Å²) >= 11 is 0. The summed E-state index contributed by atoms with van der Waals surface area (Å²) in [7, 11) is 0. The Kier molecular flexibility index (Phi) is 6.21. The van der Waals surface area contributed by atoms with E-state index < -0.39 is 0 Å². The highest BCUT2D eigenvalue weighted by molar-refractivity contribution is 6.06. The molecule has 1 saturated heterocycles. The molecule has 2 N–H and O–H groups in total. The Labute approximate surface area is 199 Å². The highest BCUT2D eigenvalue weighted by atomic mass is 16.2. The second kappa shape index (κ2) is 9.75. The molecule has 1 aliphatic heterocycles. The molecule has 6 heteroatoms. The zero-order chi connectivity index (χ0) is 23.3. The Morgan fingerprint density at radius 2 is 1.76 bits per heavy atom. The summed E-state index contributed by atoms with van der Waals surface area (Å²) in [5.74, 6) is 0.0112. The van der Waals surface area contributed by atoms with Gasteiger partial charge in [-0.05, 0) is 36.6 Å². The molecule has 0 spiro atoms. The van der Waals surface area contributed by atoms with Crippen LogP contribution in [0, 0.1) is 0 Å². The van der Waals surface area contributed by atoms with Crippen molar-refractivity contribution in [2.24, 2.45) is 10.7 Å². The van der Waals surface area contributed by atoms with Crippen LogP contribution in [0.1, 0.15) is 28.8 Å². The van der Waals surface area contributed by atoms with E-state index in [0.29, 0.717) is 23.5 Å². The van der Waals surface area contributed by atoms with Crippen LogP contribution in [0.2, 0.25) is 0 Å². The Morgan fingerprint density at radius 1 is 1.03 bits per heavy atom. The average Bonchev–Trinajstić information content (AvgIpc) is 3.52. The van der Waals surface area contributed by atoms with Gasteiger partial charge in [0.1, 0.15) is 5.69 Å². The van der Waals surface area contributed by atoms with Crippen LogP contribution >= 0.6 is 0 Å². The lowest BCUT2D eigenvalue weighted by atomic mass is 10.0. The number of likely N-dealkylation sites (tertiary alicyclic amines) is 1. The molecule has 1 aliphatic rings. The molecule has 6 nitrogen and oxygen atoms in total. The summed E-state index contributed by atoms with van der Waals surface area (Å²) in [5.41, 5.74) is 10.9. The van der Waals surface area contributed by atoms with E-state index in [4.69, 9.17) is 10.8 Å².